The Morgan fingerprint density at radius 1 is 1.28 bits per heavy atom. The minimum absolute atomic E-state index is 0.0288. The van der Waals surface area contributed by atoms with Crippen molar-refractivity contribution in [3.63, 3.8) is 0 Å². The summed E-state index contributed by atoms with van der Waals surface area (Å²) >= 11 is 0. The number of benzene rings is 1. The van der Waals surface area contributed by atoms with Crippen molar-refractivity contribution in [2.75, 3.05) is 0 Å². The summed E-state index contributed by atoms with van der Waals surface area (Å²) in [5.74, 6) is 0.0288. The lowest BCUT2D eigenvalue weighted by atomic mass is 9.93. The maximum atomic E-state index is 10.9. The van der Waals surface area contributed by atoms with Gasteiger partial charge in [0.25, 0.3) is 0 Å². The van der Waals surface area contributed by atoms with E-state index in [4.69, 9.17) is 0 Å². The third-order valence-corrected chi connectivity index (χ3v) is 3.22. The van der Waals surface area contributed by atoms with Gasteiger partial charge in [-0.05, 0) is 11.6 Å². The van der Waals surface area contributed by atoms with Crippen LogP contribution in [0.15, 0.2) is 43.0 Å². The third-order valence-electron chi connectivity index (χ3n) is 3.22. The van der Waals surface area contributed by atoms with Gasteiger partial charge in [-0.3, -0.25) is 0 Å². The van der Waals surface area contributed by atoms with Gasteiger partial charge in [0, 0.05) is 41.3 Å². The lowest BCUT2D eigenvalue weighted by Crippen LogP contribution is -2.01. The van der Waals surface area contributed by atoms with Crippen LogP contribution in [0.4, 0.5) is 0 Å². The lowest BCUT2D eigenvalue weighted by Gasteiger charge is -2.11. The Hall–Kier alpha value is -2.36. The number of para-hydroxylation sites is 1. The minimum Gasteiger partial charge on any atom is -0.361 e. The quantitative estimate of drug-likeness (QED) is 0.687. The summed E-state index contributed by atoms with van der Waals surface area (Å²) in [6, 6.07) is 8.09. The van der Waals surface area contributed by atoms with Gasteiger partial charge < -0.3 is 14.8 Å². The molecule has 1 atom stereocenters. The van der Waals surface area contributed by atoms with Crippen LogP contribution >= 0.6 is 0 Å². The van der Waals surface area contributed by atoms with E-state index >= 15 is 0 Å². The summed E-state index contributed by atoms with van der Waals surface area (Å²) in [5, 5.41) is 1.15. The van der Waals surface area contributed by atoms with Crippen molar-refractivity contribution in [3.05, 3.63) is 54.2 Å². The number of aromatic nitrogens is 3. The summed E-state index contributed by atoms with van der Waals surface area (Å²) < 4.78 is 0. The number of nitrogens with one attached hydrogen (secondary N) is 2. The first-order valence-corrected chi connectivity index (χ1v) is 5.88. The van der Waals surface area contributed by atoms with E-state index in [2.05, 4.69) is 21.0 Å². The summed E-state index contributed by atoms with van der Waals surface area (Å²) in [6.45, 7) is 0. The molecular weight excluding hydrogens is 226 g/mol. The van der Waals surface area contributed by atoms with Crippen molar-refractivity contribution in [2.24, 2.45) is 0 Å². The molecule has 0 aliphatic heterocycles. The fraction of sp³-hybridized carbons (Fsp3) is 0.143. The van der Waals surface area contributed by atoms with Crippen LogP contribution in [0.2, 0.25) is 0 Å². The zero-order chi connectivity index (χ0) is 12.4. The molecule has 0 aliphatic rings. The third kappa shape index (κ3) is 1.72. The van der Waals surface area contributed by atoms with Crippen molar-refractivity contribution >= 4 is 17.2 Å². The molecule has 1 unspecified atom stereocenters. The molecule has 1 aromatic carbocycles. The molecule has 2 N–H and O–H groups in total. The molecule has 4 heteroatoms. The molecule has 0 aliphatic carbocycles. The molecule has 2 heterocycles. The van der Waals surface area contributed by atoms with Crippen molar-refractivity contribution in [2.45, 2.75) is 12.3 Å². The largest absolute Gasteiger partial charge is 0.361 e. The van der Waals surface area contributed by atoms with Crippen LogP contribution < -0.4 is 0 Å². The molecule has 0 bridgehead atoms. The first-order valence-electron chi connectivity index (χ1n) is 5.88. The van der Waals surface area contributed by atoms with Crippen molar-refractivity contribution in [1.82, 2.24) is 15.0 Å². The maximum absolute atomic E-state index is 10.9. The lowest BCUT2D eigenvalue weighted by molar-refractivity contribution is -0.108. The molecule has 0 radical (unpaired) electrons. The van der Waals surface area contributed by atoms with Gasteiger partial charge in [0.15, 0.2) is 0 Å². The molecule has 18 heavy (non-hydrogen) atoms. The van der Waals surface area contributed by atoms with E-state index in [1.165, 1.54) is 0 Å². The van der Waals surface area contributed by atoms with Crippen LogP contribution in [0, 0.1) is 0 Å². The van der Waals surface area contributed by atoms with Gasteiger partial charge in [-0.15, -0.1) is 0 Å². The molecule has 0 saturated carbocycles. The Balaban J connectivity index is 2.12. The van der Waals surface area contributed by atoms with Crippen LogP contribution in [-0.4, -0.2) is 21.2 Å². The highest BCUT2D eigenvalue weighted by Gasteiger charge is 2.18. The fourth-order valence-corrected chi connectivity index (χ4v) is 2.36. The number of aromatic amines is 2. The minimum atomic E-state index is 0.0288. The number of aldehydes is 1. The molecule has 2 aromatic heterocycles. The van der Waals surface area contributed by atoms with E-state index < -0.39 is 0 Å². The van der Waals surface area contributed by atoms with Gasteiger partial charge in [-0.2, -0.15) is 0 Å². The van der Waals surface area contributed by atoms with E-state index in [1.807, 2.05) is 24.4 Å². The van der Waals surface area contributed by atoms with Crippen molar-refractivity contribution in [3.8, 4) is 0 Å². The monoisotopic (exact) mass is 239 g/mol. The molecule has 0 fully saturated rings. The molecule has 3 rings (SSSR count). The Kier molecular flexibility index (Phi) is 2.68. The zero-order valence-electron chi connectivity index (χ0n) is 9.76. The zero-order valence-corrected chi connectivity index (χ0v) is 9.76. The number of carbonyl (C=O) groups excluding carboxylic acids is 1. The number of carbonyl (C=O) groups is 1. The standard InChI is InChI=1S/C14H13N3O/c18-6-5-11(14-8-15-9-17-14)12-7-16-13-4-2-1-3-10(12)13/h1-4,6-9,11,16H,5H2,(H,15,17). The number of H-pyrrole nitrogens is 2. The van der Waals surface area contributed by atoms with Crippen LogP contribution in [0.3, 0.4) is 0 Å². The molecule has 0 spiro atoms. The first-order chi connectivity index (χ1) is 8.90. The topological polar surface area (TPSA) is 61.5 Å². The van der Waals surface area contributed by atoms with Gasteiger partial charge in [0.1, 0.15) is 6.29 Å². The molecule has 3 aromatic rings. The average molecular weight is 239 g/mol. The SMILES string of the molecule is O=CCC(c1cnc[nH]1)c1c[nH]c2ccccc12. The van der Waals surface area contributed by atoms with Crippen LogP contribution in [-0.2, 0) is 4.79 Å². The van der Waals surface area contributed by atoms with Crippen LogP contribution in [0.5, 0.6) is 0 Å². The van der Waals surface area contributed by atoms with Gasteiger partial charge >= 0.3 is 0 Å². The number of fused-ring (bicyclic) bond motifs is 1. The second kappa shape index (κ2) is 4.49. The second-order valence-electron chi connectivity index (χ2n) is 4.25. The second-order valence-corrected chi connectivity index (χ2v) is 4.25. The predicted octanol–water partition coefficient (Wildman–Crippen LogP) is 2.61. The summed E-state index contributed by atoms with van der Waals surface area (Å²) in [7, 11) is 0. The summed E-state index contributed by atoms with van der Waals surface area (Å²) in [5.41, 5.74) is 3.18. The van der Waals surface area contributed by atoms with E-state index in [0.717, 1.165) is 28.4 Å². The maximum Gasteiger partial charge on any atom is 0.120 e. The molecule has 4 nitrogen and oxygen atoms in total. The molecular formula is C14H13N3O. The van der Waals surface area contributed by atoms with Crippen LogP contribution in [0.25, 0.3) is 10.9 Å². The Labute approximate surface area is 104 Å². The van der Waals surface area contributed by atoms with Gasteiger partial charge in [0.2, 0.25) is 0 Å². The highest BCUT2D eigenvalue weighted by molar-refractivity contribution is 5.84. The molecule has 0 amide bonds. The van der Waals surface area contributed by atoms with E-state index in [9.17, 15) is 4.79 Å². The number of hydrogen-bond acceptors (Lipinski definition) is 2. The highest BCUT2D eigenvalue weighted by Crippen LogP contribution is 2.31. The Bertz CT molecular complexity index is 655. The van der Waals surface area contributed by atoms with E-state index in [1.54, 1.807) is 12.5 Å². The van der Waals surface area contributed by atoms with E-state index in [-0.39, 0.29) is 5.92 Å². The van der Waals surface area contributed by atoms with Gasteiger partial charge in [-0.1, -0.05) is 18.2 Å². The normalized spacial score (nSPS) is 12.7. The number of hydrogen-bond donors (Lipinski definition) is 2. The highest BCUT2D eigenvalue weighted by atomic mass is 16.1. The predicted molar refractivity (Wildman–Crippen MR) is 69.4 cm³/mol. The summed E-state index contributed by atoms with van der Waals surface area (Å²) in [4.78, 5) is 21.3. The van der Waals surface area contributed by atoms with Crippen molar-refractivity contribution < 1.29 is 4.79 Å². The van der Waals surface area contributed by atoms with Gasteiger partial charge in [0.05, 0.1) is 6.33 Å². The van der Waals surface area contributed by atoms with Crippen LogP contribution in [0.1, 0.15) is 23.6 Å². The molecule has 90 valence electrons. The number of imidazole rings is 1. The van der Waals surface area contributed by atoms with E-state index in [0.29, 0.717) is 6.42 Å². The number of rotatable bonds is 4. The van der Waals surface area contributed by atoms with Crippen molar-refractivity contribution in [1.29, 1.82) is 0 Å². The van der Waals surface area contributed by atoms with Gasteiger partial charge in [-0.25, -0.2) is 4.98 Å². The fourth-order valence-electron chi connectivity index (χ4n) is 2.36. The Morgan fingerprint density at radius 2 is 2.17 bits per heavy atom. The Morgan fingerprint density at radius 3 is 2.94 bits per heavy atom. The smallest absolute Gasteiger partial charge is 0.120 e. The first kappa shape index (κ1) is 10.8. The summed E-state index contributed by atoms with van der Waals surface area (Å²) in [6.07, 6.45) is 6.79. The average Bonchev–Trinajstić information content (AvgIpc) is 3.06. The molecule has 0 saturated heterocycles. The number of nitrogens with zero attached hydrogens (tertiary/aromatic N) is 1.